The molecule has 0 aromatic heterocycles. The summed E-state index contributed by atoms with van der Waals surface area (Å²) in [5.74, 6) is 1.37. The third kappa shape index (κ3) is 3.22. The smallest absolute Gasteiger partial charge is 0.230 e. The summed E-state index contributed by atoms with van der Waals surface area (Å²) in [6.45, 7) is 3.78. The lowest BCUT2D eigenvalue weighted by molar-refractivity contribution is -0.126. The molecule has 1 fully saturated rings. The lowest BCUT2D eigenvalue weighted by atomic mass is 9.80. The molecule has 5 nitrogen and oxygen atoms in total. The van der Waals surface area contributed by atoms with Crippen LogP contribution in [0.2, 0.25) is 0 Å². The molecule has 0 spiro atoms. The highest BCUT2D eigenvalue weighted by atomic mass is 16.5. The van der Waals surface area contributed by atoms with Crippen molar-refractivity contribution in [3.05, 3.63) is 18.2 Å². The van der Waals surface area contributed by atoms with Crippen LogP contribution in [0, 0.1) is 5.41 Å². The topological polar surface area (TPSA) is 59.6 Å². The highest BCUT2D eigenvalue weighted by Crippen LogP contribution is 2.31. The lowest BCUT2D eigenvalue weighted by Gasteiger charge is -2.32. The fourth-order valence-electron chi connectivity index (χ4n) is 2.37. The quantitative estimate of drug-likeness (QED) is 0.885. The zero-order valence-corrected chi connectivity index (χ0v) is 12.3. The Kier molecular flexibility index (Phi) is 4.49. The van der Waals surface area contributed by atoms with Gasteiger partial charge in [0, 0.05) is 29.3 Å². The van der Waals surface area contributed by atoms with Crippen LogP contribution in [0.25, 0.3) is 0 Å². The maximum Gasteiger partial charge on any atom is 0.230 e. The molecule has 1 aliphatic heterocycles. The highest BCUT2D eigenvalue weighted by Gasteiger charge is 2.34. The Morgan fingerprint density at radius 2 is 1.70 bits per heavy atom. The summed E-state index contributed by atoms with van der Waals surface area (Å²) in [4.78, 5) is 12.5. The van der Waals surface area contributed by atoms with Crippen LogP contribution in [0.3, 0.4) is 0 Å². The number of amides is 1. The first-order valence-electron chi connectivity index (χ1n) is 6.83. The van der Waals surface area contributed by atoms with E-state index in [2.05, 4.69) is 10.6 Å². The van der Waals surface area contributed by atoms with E-state index < -0.39 is 0 Å². The summed E-state index contributed by atoms with van der Waals surface area (Å²) in [6, 6.07) is 5.37. The van der Waals surface area contributed by atoms with Gasteiger partial charge in [0.15, 0.2) is 0 Å². The van der Waals surface area contributed by atoms with Crippen LogP contribution in [0.1, 0.15) is 19.8 Å². The molecule has 0 aliphatic carbocycles. The second-order valence-corrected chi connectivity index (χ2v) is 5.37. The van der Waals surface area contributed by atoms with Gasteiger partial charge in [0.2, 0.25) is 5.91 Å². The predicted octanol–water partition coefficient (Wildman–Crippen LogP) is 2.03. The predicted molar refractivity (Wildman–Crippen MR) is 78.4 cm³/mol. The summed E-state index contributed by atoms with van der Waals surface area (Å²) in [5, 5.41) is 6.25. The van der Waals surface area contributed by atoms with E-state index in [-0.39, 0.29) is 11.3 Å². The maximum absolute atomic E-state index is 12.5. The first kappa shape index (κ1) is 14.7. The van der Waals surface area contributed by atoms with Crippen molar-refractivity contribution in [1.29, 1.82) is 0 Å². The number of piperidine rings is 1. The van der Waals surface area contributed by atoms with Crippen molar-refractivity contribution in [3.63, 3.8) is 0 Å². The molecule has 1 aromatic carbocycles. The molecule has 1 saturated heterocycles. The molecule has 0 saturated carbocycles. The Bertz CT molecular complexity index is 460. The van der Waals surface area contributed by atoms with Crippen LogP contribution in [0.4, 0.5) is 5.69 Å². The molecular weight excluding hydrogens is 256 g/mol. The molecule has 0 bridgehead atoms. The van der Waals surface area contributed by atoms with Crippen LogP contribution in [-0.2, 0) is 4.79 Å². The number of anilines is 1. The minimum absolute atomic E-state index is 0.0503. The van der Waals surface area contributed by atoms with Gasteiger partial charge in [-0.25, -0.2) is 0 Å². The molecule has 0 unspecified atom stereocenters. The van der Waals surface area contributed by atoms with Crippen LogP contribution in [-0.4, -0.2) is 33.2 Å². The Morgan fingerprint density at radius 1 is 1.15 bits per heavy atom. The van der Waals surface area contributed by atoms with Gasteiger partial charge in [0.1, 0.15) is 11.5 Å². The number of hydrogen-bond acceptors (Lipinski definition) is 4. The van der Waals surface area contributed by atoms with E-state index >= 15 is 0 Å². The molecule has 110 valence electrons. The Morgan fingerprint density at radius 3 is 2.20 bits per heavy atom. The van der Waals surface area contributed by atoms with E-state index in [4.69, 9.17) is 9.47 Å². The van der Waals surface area contributed by atoms with Gasteiger partial charge in [0.25, 0.3) is 0 Å². The number of nitrogens with one attached hydrogen (secondary N) is 2. The summed E-state index contributed by atoms with van der Waals surface area (Å²) in [7, 11) is 3.18. The molecule has 5 heteroatoms. The van der Waals surface area contributed by atoms with Crippen molar-refractivity contribution in [2.75, 3.05) is 32.6 Å². The van der Waals surface area contributed by atoms with Gasteiger partial charge < -0.3 is 20.1 Å². The van der Waals surface area contributed by atoms with Crippen molar-refractivity contribution in [2.45, 2.75) is 19.8 Å². The molecular formula is C15H22N2O3. The average Bonchev–Trinajstić information content (AvgIpc) is 2.47. The molecule has 0 atom stereocenters. The number of carbonyl (C=O) groups is 1. The standard InChI is InChI=1S/C15H22N2O3/c1-15(4-6-16-7-5-15)14(18)17-11-8-12(19-2)10-13(9-11)20-3/h8-10,16H,4-7H2,1-3H3,(H,17,18). The van der Waals surface area contributed by atoms with E-state index in [0.717, 1.165) is 25.9 Å². The van der Waals surface area contributed by atoms with Crippen molar-refractivity contribution >= 4 is 11.6 Å². The van der Waals surface area contributed by atoms with Crippen molar-refractivity contribution in [1.82, 2.24) is 5.32 Å². The van der Waals surface area contributed by atoms with Gasteiger partial charge in [-0.3, -0.25) is 4.79 Å². The van der Waals surface area contributed by atoms with E-state index in [1.54, 1.807) is 32.4 Å². The third-order valence-electron chi connectivity index (χ3n) is 3.86. The summed E-state index contributed by atoms with van der Waals surface area (Å²) < 4.78 is 10.4. The van der Waals surface area contributed by atoms with Crippen molar-refractivity contribution in [2.24, 2.45) is 5.41 Å². The van der Waals surface area contributed by atoms with E-state index in [0.29, 0.717) is 17.2 Å². The average molecular weight is 278 g/mol. The Labute approximate surface area is 119 Å². The van der Waals surface area contributed by atoms with Gasteiger partial charge >= 0.3 is 0 Å². The minimum atomic E-state index is -0.318. The lowest BCUT2D eigenvalue weighted by Crippen LogP contribution is -2.42. The van der Waals surface area contributed by atoms with E-state index in [1.165, 1.54) is 0 Å². The Hall–Kier alpha value is -1.75. The highest BCUT2D eigenvalue weighted by molar-refractivity contribution is 5.95. The molecule has 1 aromatic rings. The number of methoxy groups -OCH3 is 2. The monoisotopic (exact) mass is 278 g/mol. The molecule has 2 rings (SSSR count). The zero-order valence-electron chi connectivity index (χ0n) is 12.3. The van der Waals surface area contributed by atoms with Gasteiger partial charge in [-0.15, -0.1) is 0 Å². The van der Waals surface area contributed by atoms with Crippen LogP contribution in [0.15, 0.2) is 18.2 Å². The van der Waals surface area contributed by atoms with Crippen LogP contribution in [0.5, 0.6) is 11.5 Å². The number of ether oxygens (including phenoxy) is 2. The normalized spacial score (nSPS) is 17.4. The molecule has 1 amide bonds. The van der Waals surface area contributed by atoms with Gasteiger partial charge in [-0.2, -0.15) is 0 Å². The third-order valence-corrected chi connectivity index (χ3v) is 3.86. The van der Waals surface area contributed by atoms with Crippen LogP contribution >= 0.6 is 0 Å². The minimum Gasteiger partial charge on any atom is -0.497 e. The Balaban J connectivity index is 2.14. The number of carbonyl (C=O) groups excluding carboxylic acids is 1. The fourth-order valence-corrected chi connectivity index (χ4v) is 2.37. The van der Waals surface area contributed by atoms with Crippen molar-refractivity contribution < 1.29 is 14.3 Å². The number of rotatable bonds is 4. The molecule has 1 heterocycles. The SMILES string of the molecule is COc1cc(NC(=O)C2(C)CCNCC2)cc(OC)c1. The molecule has 20 heavy (non-hydrogen) atoms. The largest absolute Gasteiger partial charge is 0.497 e. The molecule has 2 N–H and O–H groups in total. The van der Waals surface area contributed by atoms with Gasteiger partial charge in [-0.1, -0.05) is 6.92 Å². The van der Waals surface area contributed by atoms with Gasteiger partial charge in [-0.05, 0) is 25.9 Å². The summed E-state index contributed by atoms with van der Waals surface area (Å²) in [5.41, 5.74) is 0.382. The number of hydrogen-bond donors (Lipinski definition) is 2. The zero-order chi connectivity index (χ0) is 14.6. The summed E-state index contributed by atoms with van der Waals surface area (Å²) in [6.07, 6.45) is 1.69. The second-order valence-electron chi connectivity index (χ2n) is 5.37. The van der Waals surface area contributed by atoms with E-state index in [1.807, 2.05) is 6.92 Å². The first-order chi connectivity index (χ1) is 9.57. The van der Waals surface area contributed by atoms with Crippen molar-refractivity contribution in [3.8, 4) is 11.5 Å². The number of benzene rings is 1. The van der Waals surface area contributed by atoms with Crippen LogP contribution < -0.4 is 20.1 Å². The van der Waals surface area contributed by atoms with Gasteiger partial charge in [0.05, 0.1) is 14.2 Å². The van der Waals surface area contributed by atoms with E-state index in [9.17, 15) is 4.79 Å². The molecule has 1 aliphatic rings. The molecule has 0 radical (unpaired) electrons. The maximum atomic E-state index is 12.5. The first-order valence-corrected chi connectivity index (χ1v) is 6.83. The fraction of sp³-hybridized carbons (Fsp3) is 0.533. The summed E-state index contributed by atoms with van der Waals surface area (Å²) >= 11 is 0. The second kappa shape index (κ2) is 6.13.